The number of aromatic hydroxyl groups is 1. The number of carbonyl (C=O) groups is 2. The summed E-state index contributed by atoms with van der Waals surface area (Å²) < 4.78 is 16.2. The summed E-state index contributed by atoms with van der Waals surface area (Å²) >= 11 is 0. The Morgan fingerprint density at radius 1 is 1.12 bits per heavy atom. The number of benzene rings is 2. The van der Waals surface area contributed by atoms with Gasteiger partial charge in [0.1, 0.15) is 17.1 Å². The van der Waals surface area contributed by atoms with Crippen molar-refractivity contribution in [3.05, 3.63) is 64.7 Å². The van der Waals surface area contributed by atoms with Crippen molar-refractivity contribution in [2.24, 2.45) is 0 Å². The van der Waals surface area contributed by atoms with E-state index in [2.05, 4.69) is 0 Å². The molecule has 0 fully saturated rings. The first kappa shape index (κ1) is 21.9. The molecular weight excluding hydrogens is 412 g/mol. The molecule has 0 saturated carbocycles. The third kappa shape index (κ3) is 3.96. The highest BCUT2D eigenvalue weighted by Gasteiger charge is 2.54. The van der Waals surface area contributed by atoms with Crippen LogP contribution in [0.4, 0.5) is 0 Å². The van der Waals surface area contributed by atoms with Gasteiger partial charge in [-0.2, -0.15) is 0 Å². The Kier molecular flexibility index (Phi) is 5.46. The lowest BCUT2D eigenvalue weighted by Crippen LogP contribution is -2.42. The standard InChI is InChI=1S/C25H26O7/c1-4-30-23(28)25(29)21(16-6-8-18(26)9-7-16)19(22(27)32-25)14-15-5-10-20-17(13-15)11-12-24(2,3)31-20/h5-10,13,26,29H,4,11-12,14H2,1-3H3/t25-/m0/s1. The molecule has 7 nitrogen and oxygen atoms in total. The van der Waals surface area contributed by atoms with Crippen molar-refractivity contribution in [1.82, 2.24) is 0 Å². The Hall–Kier alpha value is -3.32. The van der Waals surface area contributed by atoms with Crippen LogP contribution < -0.4 is 4.74 Å². The summed E-state index contributed by atoms with van der Waals surface area (Å²) in [5, 5.41) is 20.7. The van der Waals surface area contributed by atoms with Gasteiger partial charge in [0.2, 0.25) is 0 Å². The van der Waals surface area contributed by atoms with Gasteiger partial charge in [0.25, 0.3) is 0 Å². The number of aryl methyl sites for hydroxylation is 1. The molecule has 32 heavy (non-hydrogen) atoms. The largest absolute Gasteiger partial charge is 0.508 e. The van der Waals surface area contributed by atoms with Gasteiger partial charge in [-0.3, -0.25) is 0 Å². The fourth-order valence-electron chi connectivity index (χ4n) is 4.11. The molecule has 0 unspecified atom stereocenters. The molecular formula is C25H26O7. The van der Waals surface area contributed by atoms with Crippen LogP contribution in [0.5, 0.6) is 11.5 Å². The van der Waals surface area contributed by atoms with Gasteiger partial charge in [0.05, 0.1) is 17.8 Å². The lowest BCUT2D eigenvalue weighted by atomic mass is 9.89. The number of hydrogen-bond acceptors (Lipinski definition) is 7. The minimum atomic E-state index is -2.55. The predicted molar refractivity (Wildman–Crippen MR) is 116 cm³/mol. The van der Waals surface area contributed by atoms with E-state index in [9.17, 15) is 19.8 Å². The number of fused-ring (bicyclic) bond motifs is 1. The zero-order valence-corrected chi connectivity index (χ0v) is 18.3. The van der Waals surface area contributed by atoms with E-state index in [-0.39, 0.29) is 35.5 Å². The van der Waals surface area contributed by atoms with E-state index in [1.165, 1.54) is 24.3 Å². The van der Waals surface area contributed by atoms with Crippen molar-refractivity contribution in [3.8, 4) is 11.5 Å². The van der Waals surface area contributed by atoms with Gasteiger partial charge in [-0.1, -0.05) is 24.3 Å². The molecule has 0 aliphatic carbocycles. The van der Waals surface area contributed by atoms with Gasteiger partial charge >= 0.3 is 17.7 Å². The van der Waals surface area contributed by atoms with Crippen LogP contribution in [-0.2, 0) is 31.9 Å². The minimum absolute atomic E-state index is 0.0120. The Morgan fingerprint density at radius 3 is 2.53 bits per heavy atom. The second-order valence-corrected chi connectivity index (χ2v) is 8.64. The highest BCUT2D eigenvalue weighted by Crippen LogP contribution is 2.41. The van der Waals surface area contributed by atoms with Gasteiger partial charge in [-0.25, -0.2) is 9.59 Å². The smallest absolute Gasteiger partial charge is 0.384 e. The molecule has 7 heteroatoms. The maximum Gasteiger partial charge on any atom is 0.384 e. The zero-order chi connectivity index (χ0) is 23.1. The molecule has 0 amide bonds. The van der Waals surface area contributed by atoms with Crippen molar-refractivity contribution in [2.75, 3.05) is 6.61 Å². The van der Waals surface area contributed by atoms with E-state index in [1.54, 1.807) is 6.92 Å². The van der Waals surface area contributed by atoms with Crippen LogP contribution in [0.3, 0.4) is 0 Å². The number of aliphatic hydroxyl groups is 1. The first-order valence-electron chi connectivity index (χ1n) is 10.6. The normalized spacial score (nSPS) is 21.6. The van der Waals surface area contributed by atoms with Crippen LogP contribution >= 0.6 is 0 Å². The maximum absolute atomic E-state index is 12.8. The zero-order valence-electron chi connectivity index (χ0n) is 18.3. The Labute approximate surface area is 186 Å². The van der Waals surface area contributed by atoms with Crippen LogP contribution in [0.25, 0.3) is 5.57 Å². The number of esters is 2. The fourth-order valence-corrected chi connectivity index (χ4v) is 4.11. The topological polar surface area (TPSA) is 102 Å². The fraction of sp³-hybridized carbons (Fsp3) is 0.360. The van der Waals surface area contributed by atoms with Gasteiger partial charge < -0.3 is 24.4 Å². The summed E-state index contributed by atoms with van der Waals surface area (Å²) in [7, 11) is 0. The maximum atomic E-state index is 12.8. The summed E-state index contributed by atoms with van der Waals surface area (Å²) in [5.74, 6) is -3.58. The molecule has 0 bridgehead atoms. The highest BCUT2D eigenvalue weighted by atomic mass is 16.7. The third-order valence-corrected chi connectivity index (χ3v) is 5.72. The number of ether oxygens (including phenoxy) is 3. The van der Waals surface area contributed by atoms with Gasteiger partial charge in [-0.05, 0) is 68.5 Å². The molecule has 2 heterocycles. The molecule has 2 aromatic carbocycles. The third-order valence-electron chi connectivity index (χ3n) is 5.72. The molecule has 1 atom stereocenters. The average molecular weight is 438 g/mol. The first-order chi connectivity index (χ1) is 15.1. The average Bonchev–Trinajstić information content (AvgIpc) is 2.99. The Bertz CT molecular complexity index is 1100. The summed E-state index contributed by atoms with van der Waals surface area (Å²) in [6.45, 7) is 5.70. The predicted octanol–water partition coefficient (Wildman–Crippen LogP) is 3.30. The number of rotatable bonds is 5. The number of phenolic OH excluding ortho intramolecular Hbond substituents is 1. The van der Waals surface area contributed by atoms with Crippen LogP contribution in [0, 0.1) is 0 Å². The molecule has 4 rings (SSSR count). The molecule has 0 saturated heterocycles. The van der Waals surface area contributed by atoms with Crippen molar-refractivity contribution in [3.63, 3.8) is 0 Å². The van der Waals surface area contributed by atoms with Crippen LogP contribution in [0.15, 0.2) is 48.0 Å². The number of cyclic esters (lactones) is 1. The second kappa shape index (κ2) is 7.98. The second-order valence-electron chi connectivity index (χ2n) is 8.64. The lowest BCUT2D eigenvalue weighted by Gasteiger charge is -2.32. The van der Waals surface area contributed by atoms with Crippen molar-refractivity contribution in [2.45, 2.75) is 51.4 Å². The van der Waals surface area contributed by atoms with Crippen LogP contribution in [0.2, 0.25) is 0 Å². The van der Waals surface area contributed by atoms with E-state index >= 15 is 0 Å². The summed E-state index contributed by atoms with van der Waals surface area (Å²) in [6, 6.07) is 11.6. The van der Waals surface area contributed by atoms with E-state index in [1.807, 2.05) is 32.0 Å². The molecule has 2 N–H and O–H groups in total. The summed E-state index contributed by atoms with van der Waals surface area (Å²) in [6.07, 6.45) is 1.86. The quantitative estimate of drug-likeness (QED) is 0.691. The van der Waals surface area contributed by atoms with Crippen LogP contribution in [-0.4, -0.2) is 40.1 Å². The first-order valence-corrected chi connectivity index (χ1v) is 10.6. The van der Waals surface area contributed by atoms with Crippen LogP contribution in [0.1, 0.15) is 43.9 Å². The van der Waals surface area contributed by atoms with Crippen molar-refractivity contribution in [1.29, 1.82) is 0 Å². The van der Waals surface area contributed by atoms with E-state index in [4.69, 9.17) is 14.2 Å². The Morgan fingerprint density at radius 2 is 1.84 bits per heavy atom. The van der Waals surface area contributed by atoms with E-state index in [0.717, 1.165) is 29.7 Å². The van der Waals surface area contributed by atoms with Gasteiger partial charge in [0, 0.05) is 6.42 Å². The van der Waals surface area contributed by atoms with Crippen molar-refractivity contribution < 1.29 is 34.0 Å². The van der Waals surface area contributed by atoms with Gasteiger partial charge in [-0.15, -0.1) is 0 Å². The summed E-state index contributed by atoms with van der Waals surface area (Å²) in [4.78, 5) is 25.4. The molecule has 168 valence electrons. The number of hydrogen-bond donors (Lipinski definition) is 2. The molecule has 2 aliphatic rings. The molecule has 2 aliphatic heterocycles. The van der Waals surface area contributed by atoms with E-state index in [0.29, 0.717) is 5.56 Å². The molecule has 2 aromatic rings. The van der Waals surface area contributed by atoms with Crippen molar-refractivity contribution >= 4 is 17.5 Å². The highest BCUT2D eigenvalue weighted by molar-refractivity contribution is 6.11. The molecule has 0 aromatic heterocycles. The SMILES string of the molecule is CCOC(=O)[C@@]1(O)OC(=O)C(Cc2ccc3c(c2)CCC(C)(C)O3)=C1c1ccc(O)cc1. The van der Waals surface area contributed by atoms with Gasteiger partial charge in [0.15, 0.2) is 0 Å². The minimum Gasteiger partial charge on any atom is -0.508 e. The lowest BCUT2D eigenvalue weighted by molar-refractivity contribution is -0.202. The number of carbonyl (C=O) groups excluding carboxylic acids is 2. The van der Waals surface area contributed by atoms with E-state index < -0.39 is 17.7 Å². The molecule has 0 spiro atoms. The number of phenols is 1. The molecule has 0 radical (unpaired) electrons. The Balaban J connectivity index is 1.77. The monoisotopic (exact) mass is 438 g/mol. The summed E-state index contributed by atoms with van der Waals surface area (Å²) in [5.41, 5.74) is 2.19.